The Morgan fingerprint density at radius 1 is 1.24 bits per heavy atom. The highest BCUT2D eigenvalue weighted by Crippen LogP contribution is 2.25. The monoisotopic (exact) mass is 285 g/mol. The van der Waals surface area contributed by atoms with Gasteiger partial charge in [-0.1, -0.05) is 0 Å². The van der Waals surface area contributed by atoms with E-state index in [0.29, 0.717) is 18.3 Å². The number of nitrogens with zero attached hydrogens (tertiary/aromatic N) is 5. The summed E-state index contributed by atoms with van der Waals surface area (Å²) in [6, 6.07) is 0.293. The van der Waals surface area contributed by atoms with Crippen LogP contribution in [0.2, 0.25) is 0 Å². The molecule has 2 aromatic rings. The van der Waals surface area contributed by atoms with Gasteiger partial charge in [0.15, 0.2) is 0 Å². The van der Waals surface area contributed by atoms with Crippen LogP contribution in [-0.4, -0.2) is 43.4 Å². The van der Waals surface area contributed by atoms with Crippen LogP contribution in [0.15, 0.2) is 24.8 Å². The average molecular weight is 285 g/mol. The molecule has 0 radical (unpaired) electrons. The molecule has 0 aliphatic carbocycles. The van der Waals surface area contributed by atoms with Crippen molar-refractivity contribution in [2.24, 2.45) is 0 Å². The molecule has 1 aliphatic rings. The van der Waals surface area contributed by atoms with Crippen molar-refractivity contribution in [1.29, 1.82) is 0 Å². The molecule has 1 saturated heterocycles. The Balaban J connectivity index is 1.79. The van der Waals surface area contributed by atoms with Gasteiger partial charge in [-0.3, -0.25) is 9.78 Å². The van der Waals surface area contributed by atoms with Gasteiger partial charge in [0.25, 0.3) is 5.91 Å². The van der Waals surface area contributed by atoms with Gasteiger partial charge in [-0.05, 0) is 26.7 Å². The Hall–Kier alpha value is -2.24. The SMILES string of the molecule is Cc1cnc(C)n1C1CCCN(C(=O)c2cnccn2)C1. The maximum atomic E-state index is 12.5. The van der Waals surface area contributed by atoms with E-state index in [-0.39, 0.29) is 5.91 Å². The Kier molecular flexibility index (Phi) is 3.68. The molecule has 6 heteroatoms. The number of hydrogen-bond acceptors (Lipinski definition) is 4. The van der Waals surface area contributed by atoms with Gasteiger partial charge in [-0.2, -0.15) is 0 Å². The van der Waals surface area contributed by atoms with Gasteiger partial charge in [-0.15, -0.1) is 0 Å². The van der Waals surface area contributed by atoms with E-state index in [4.69, 9.17) is 0 Å². The highest BCUT2D eigenvalue weighted by molar-refractivity contribution is 5.92. The molecule has 2 aromatic heterocycles. The Morgan fingerprint density at radius 3 is 2.76 bits per heavy atom. The smallest absolute Gasteiger partial charge is 0.274 e. The largest absolute Gasteiger partial charge is 0.335 e. The van der Waals surface area contributed by atoms with Crippen LogP contribution in [0, 0.1) is 13.8 Å². The van der Waals surface area contributed by atoms with Crippen LogP contribution in [0.3, 0.4) is 0 Å². The van der Waals surface area contributed by atoms with Crippen molar-refractivity contribution in [3.63, 3.8) is 0 Å². The minimum Gasteiger partial charge on any atom is -0.335 e. The highest BCUT2D eigenvalue weighted by Gasteiger charge is 2.27. The van der Waals surface area contributed by atoms with Crippen molar-refractivity contribution >= 4 is 5.91 Å². The second-order valence-corrected chi connectivity index (χ2v) is 5.45. The van der Waals surface area contributed by atoms with E-state index in [1.54, 1.807) is 12.4 Å². The standard InChI is InChI=1S/C15H19N5O/c1-11-8-18-12(2)20(11)13-4-3-7-19(10-13)15(21)14-9-16-5-6-17-14/h5-6,8-9,13H,3-4,7,10H2,1-2H3. The van der Waals surface area contributed by atoms with Gasteiger partial charge in [0.1, 0.15) is 11.5 Å². The fourth-order valence-electron chi connectivity index (χ4n) is 3.04. The van der Waals surface area contributed by atoms with Crippen LogP contribution in [0.1, 0.15) is 40.9 Å². The van der Waals surface area contributed by atoms with Gasteiger partial charge in [0.05, 0.1) is 12.2 Å². The van der Waals surface area contributed by atoms with Gasteiger partial charge >= 0.3 is 0 Å². The average Bonchev–Trinajstić information content (AvgIpc) is 2.86. The minimum absolute atomic E-state index is 0.0387. The van der Waals surface area contributed by atoms with Crippen molar-refractivity contribution in [2.75, 3.05) is 13.1 Å². The van der Waals surface area contributed by atoms with Crippen LogP contribution in [0.25, 0.3) is 0 Å². The number of piperidine rings is 1. The lowest BCUT2D eigenvalue weighted by Crippen LogP contribution is -2.41. The molecule has 1 atom stereocenters. The van der Waals surface area contributed by atoms with Crippen molar-refractivity contribution in [3.8, 4) is 0 Å². The first-order chi connectivity index (χ1) is 10.2. The van der Waals surface area contributed by atoms with E-state index in [9.17, 15) is 4.79 Å². The topological polar surface area (TPSA) is 63.9 Å². The maximum absolute atomic E-state index is 12.5. The summed E-state index contributed by atoms with van der Waals surface area (Å²) in [7, 11) is 0. The van der Waals surface area contributed by atoms with Crippen molar-refractivity contribution in [3.05, 3.63) is 42.0 Å². The maximum Gasteiger partial charge on any atom is 0.274 e. The third-order valence-electron chi connectivity index (χ3n) is 4.00. The zero-order chi connectivity index (χ0) is 14.8. The quantitative estimate of drug-likeness (QED) is 0.843. The van der Waals surface area contributed by atoms with E-state index in [1.165, 1.54) is 6.20 Å². The summed E-state index contributed by atoms with van der Waals surface area (Å²) >= 11 is 0. The summed E-state index contributed by atoms with van der Waals surface area (Å²) in [6.45, 7) is 5.55. The summed E-state index contributed by atoms with van der Waals surface area (Å²) in [5, 5.41) is 0. The summed E-state index contributed by atoms with van der Waals surface area (Å²) in [5.74, 6) is 0.967. The Morgan fingerprint density at radius 2 is 2.10 bits per heavy atom. The first kappa shape index (κ1) is 13.7. The predicted octanol–water partition coefficient (Wildman–Crippen LogP) is 1.77. The number of likely N-dealkylation sites (tertiary alicyclic amines) is 1. The molecule has 0 aromatic carbocycles. The molecular formula is C15H19N5O. The zero-order valence-electron chi connectivity index (χ0n) is 12.4. The molecule has 3 rings (SSSR count). The van der Waals surface area contributed by atoms with Crippen molar-refractivity contribution < 1.29 is 4.79 Å². The van der Waals surface area contributed by atoms with Crippen LogP contribution in [-0.2, 0) is 0 Å². The van der Waals surface area contributed by atoms with E-state index >= 15 is 0 Å². The van der Waals surface area contributed by atoms with Crippen LogP contribution >= 0.6 is 0 Å². The molecule has 1 amide bonds. The Bertz CT molecular complexity index is 617. The lowest BCUT2D eigenvalue weighted by atomic mass is 10.0. The first-order valence-electron chi connectivity index (χ1n) is 7.22. The second kappa shape index (κ2) is 5.63. The first-order valence-corrected chi connectivity index (χ1v) is 7.22. The summed E-state index contributed by atoms with van der Waals surface area (Å²) < 4.78 is 2.23. The molecule has 1 unspecified atom stereocenters. The number of carbonyl (C=O) groups excluding carboxylic acids is 1. The lowest BCUT2D eigenvalue weighted by Gasteiger charge is -2.34. The molecule has 21 heavy (non-hydrogen) atoms. The molecule has 1 aliphatic heterocycles. The second-order valence-electron chi connectivity index (χ2n) is 5.45. The highest BCUT2D eigenvalue weighted by atomic mass is 16.2. The van der Waals surface area contributed by atoms with Gasteiger partial charge in [0, 0.05) is 37.4 Å². The molecule has 3 heterocycles. The number of amides is 1. The molecule has 1 fully saturated rings. The molecule has 0 saturated carbocycles. The zero-order valence-corrected chi connectivity index (χ0v) is 12.4. The fraction of sp³-hybridized carbons (Fsp3) is 0.467. The summed E-state index contributed by atoms with van der Waals surface area (Å²) in [5.41, 5.74) is 1.56. The third-order valence-corrected chi connectivity index (χ3v) is 4.00. The summed E-state index contributed by atoms with van der Waals surface area (Å²) in [6.07, 6.45) is 8.61. The van der Waals surface area contributed by atoms with Crippen molar-refractivity contribution in [1.82, 2.24) is 24.4 Å². The summed E-state index contributed by atoms with van der Waals surface area (Å²) in [4.78, 5) is 26.8. The van der Waals surface area contributed by atoms with E-state index < -0.39 is 0 Å². The van der Waals surface area contributed by atoms with Gasteiger partial charge in [-0.25, -0.2) is 9.97 Å². The molecule has 0 N–H and O–H groups in total. The molecule has 110 valence electrons. The van der Waals surface area contributed by atoms with E-state index in [0.717, 1.165) is 30.9 Å². The fourth-order valence-corrected chi connectivity index (χ4v) is 3.04. The van der Waals surface area contributed by atoms with E-state index in [2.05, 4.69) is 26.4 Å². The van der Waals surface area contributed by atoms with E-state index in [1.807, 2.05) is 18.0 Å². The van der Waals surface area contributed by atoms with Gasteiger partial charge < -0.3 is 9.47 Å². The number of rotatable bonds is 2. The van der Waals surface area contributed by atoms with Crippen LogP contribution in [0.4, 0.5) is 0 Å². The van der Waals surface area contributed by atoms with Gasteiger partial charge in [0.2, 0.25) is 0 Å². The number of imidazole rings is 1. The third kappa shape index (κ3) is 2.66. The Labute approximate surface area is 123 Å². The normalized spacial score (nSPS) is 18.8. The van der Waals surface area contributed by atoms with Crippen molar-refractivity contribution in [2.45, 2.75) is 32.7 Å². The minimum atomic E-state index is -0.0387. The number of aromatic nitrogens is 4. The lowest BCUT2D eigenvalue weighted by molar-refractivity contribution is 0.0670. The molecule has 6 nitrogen and oxygen atoms in total. The molecular weight excluding hydrogens is 266 g/mol. The predicted molar refractivity (Wildman–Crippen MR) is 77.9 cm³/mol. The number of aryl methyl sites for hydroxylation is 2. The number of carbonyl (C=O) groups is 1. The van der Waals surface area contributed by atoms with Crippen LogP contribution < -0.4 is 0 Å². The number of hydrogen-bond donors (Lipinski definition) is 0. The van der Waals surface area contributed by atoms with Crippen LogP contribution in [0.5, 0.6) is 0 Å². The molecule has 0 bridgehead atoms. The molecule has 0 spiro atoms.